The second-order valence-corrected chi connectivity index (χ2v) is 14.4. The Labute approximate surface area is 329 Å². The molecule has 0 spiro atoms. The Bertz CT molecular complexity index is 3280. The summed E-state index contributed by atoms with van der Waals surface area (Å²) in [5, 5.41) is 6.70. The lowest BCUT2D eigenvalue weighted by molar-refractivity contribution is 0.673. The molecule has 0 unspecified atom stereocenters. The molecule has 266 valence electrons. The fraction of sp³-hybridized carbons (Fsp3) is 0. The van der Waals surface area contributed by atoms with E-state index in [9.17, 15) is 0 Å². The van der Waals surface area contributed by atoms with Crippen LogP contribution in [0, 0.1) is 0 Å². The van der Waals surface area contributed by atoms with E-state index in [-0.39, 0.29) is 0 Å². The van der Waals surface area contributed by atoms with E-state index in [1.54, 1.807) is 0 Å². The number of aromatic nitrogens is 3. The summed E-state index contributed by atoms with van der Waals surface area (Å²) in [6, 6.07) is 69.9. The van der Waals surface area contributed by atoms with Crippen molar-refractivity contribution in [3.8, 4) is 67.5 Å². The number of fused-ring (bicyclic) bond motifs is 6. The summed E-state index contributed by atoms with van der Waals surface area (Å²) in [7, 11) is 0. The maximum atomic E-state index is 6.94. The van der Waals surface area contributed by atoms with Crippen LogP contribution in [0.2, 0.25) is 0 Å². The van der Waals surface area contributed by atoms with Crippen LogP contribution >= 0.6 is 0 Å². The lowest BCUT2D eigenvalue weighted by Crippen LogP contribution is -2.00. The molecule has 11 rings (SSSR count). The highest BCUT2D eigenvalue weighted by Crippen LogP contribution is 2.43. The zero-order valence-electron chi connectivity index (χ0n) is 30.8. The summed E-state index contributed by atoms with van der Waals surface area (Å²) in [6.07, 6.45) is 0. The van der Waals surface area contributed by atoms with Gasteiger partial charge in [0.25, 0.3) is 0 Å². The van der Waals surface area contributed by atoms with Crippen LogP contribution in [0.15, 0.2) is 205 Å². The number of rotatable bonds is 6. The van der Waals surface area contributed by atoms with Gasteiger partial charge in [0.05, 0.1) is 5.56 Å². The van der Waals surface area contributed by atoms with Crippen molar-refractivity contribution in [1.29, 1.82) is 0 Å². The number of nitrogens with zero attached hydrogens (tertiary/aromatic N) is 3. The highest BCUT2D eigenvalue weighted by atomic mass is 16.3. The third-order valence-corrected chi connectivity index (χ3v) is 10.9. The summed E-state index contributed by atoms with van der Waals surface area (Å²) in [5.41, 5.74) is 11.1. The summed E-state index contributed by atoms with van der Waals surface area (Å²) < 4.78 is 6.94. The Hall–Kier alpha value is -7.69. The van der Waals surface area contributed by atoms with Gasteiger partial charge in [-0.1, -0.05) is 176 Å². The lowest BCUT2D eigenvalue weighted by Gasteiger charge is -2.10. The van der Waals surface area contributed by atoms with E-state index in [1.807, 2.05) is 12.1 Å². The molecule has 2 heterocycles. The van der Waals surface area contributed by atoms with E-state index in [0.29, 0.717) is 17.5 Å². The van der Waals surface area contributed by atoms with Crippen LogP contribution in [0.1, 0.15) is 0 Å². The molecule has 0 aliphatic rings. The fourth-order valence-corrected chi connectivity index (χ4v) is 8.06. The average molecular weight is 728 g/mol. The minimum Gasteiger partial charge on any atom is -0.455 e. The van der Waals surface area contributed by atoms with Gasteiger partial charge in [-0.3, -0.25) is 0 Å². The van der Waals surface area contributed by atoms with Crippen molar-refractivity contribution in [1.82, 2.24) is 15.0 Å². The second-order valence-electron chi connectivity index (χ2n) is 14.4. The molecule has 0 bridgehead atoms. The van der Waals surface area contributed by atoms with Crippen molar-refractivity contribution in [2.24, 2.45) is 0 Å². The molecular weight excluding hydrogens is 695 g/mol. The quantitative estimate of drug-likeness (QED) is 0.171. The van der Waals surface area contributed by atoms with Crippen molar-refractivity contribution in [2.45, 2.75) is 0 Å². The van der Waals surface area contributed by atoms with E-state index in [4.69, 9.17) is 19.4 Å². The van der Waals surface area contributed by atoms with E-state index in [1.165, 1.54) is 21.9 Å². The third kappa shape index (κ3) is 5.83. The highest BCUT2D eigenvalue weighted by molar-refractivity contribution is 6.20. The van der Waals surface area contributed by atoms with Gasteiger partial charge >= 0.3 is 0 Å². The van der Waals surface area contributed by atoms with Gasteiger partial charge in [0.15, 0.2) is 17.5 Å². The summed E-state index contributed by atoms with van der Waals surface area (Å²) in [6.45, 7) is 0. The molecule has 0 aliphatic carbocycles. The van der Waals surface area contributed by atoms with Crippen LogP contribution < -0.4 is 0 Å². The van der Waals surface area contributed by atoms with Crippen LogP contribution in [0.4, 0.5) is 0 Å². The highest BCUT2D eigenvalue weighted by Gasteiger charge is 2.20. The van der Waals surface area contributed by atoms with E-state index < -0.39 is 0 Å². The standard InChI is InChI=1S/C53H33N3O/c1-3-13-34(14-4-1)37-25-28-38(29-26-37)51-54-52(42-20-11-19-40(32-42)35-15-5-2-6-16-35)56-53(55-51)46-24-12-23-45-48-33-47(41-30-27-36-17-7-8-18-39(36)31-41)43-21-9-10-22-44(43)50(48)57-49(45)46/h1-33H. The van der Waals surface area contributed by atoms with Crippen LogP contribution in [-0.2, 0) is 0 Å². The molecule has 9 aromatic carbocycles. The van der Waals surface area contributed by atoms with Gasteiger partial charge < -0.3 is 4.42 Å². The van der Waals surface area contributed by atoms with Crippen LogP contribution in [0.25, 0.3) is 111 Å². The van der Waals surface area contributed by atoms with Gasteiger partial charge in [-0.05, 0) is 73.8 Å². The molecule has 0 saturated heterocycles. The topological polar surface area (TPSA) is 51.8 Å². The Morgan fingerprint density at radius 3 is 1.58 bits per heavy atom. The summed E-state index contributed by atoms with van der Waals surface area (Å²) in [4.78, 5) is 15.5. The number of hydrogen-bond donors (Lipinski definition) is 0. The molecule has 0 amide bonds. The van der Waals surface area contributed by atoms with Crippen LogP contribution in [-0.4, -0.2) is 15.0 Å². The molecule has 0 aliphatic heterocycles. The zero-order chi connectivity index (χ0) is 37.7. The third-order valence-electron chi connectivity index (χ3n) is 10.9. The van der Waals surface area contributed by atoms with Gasteiger partial charge in [0, 0.05) is 27.3 Å². The number of para-hydroxylation sites is 1. The Kier molecular flexibility index (Phi) is 7.78. The fourth-order valence-electron chi connectivity index (χ4n) is 8.06. The molecule has 2 aromatic heterocycles. The Morgan fingerprint density at radius 2 is 0.789 bits per heavy atom. The smallest absolute Gasteiger partial charge is 0.167 e. The molecule has 0 fully saturated rings. The minimum absolute atomic E-state index is 0.552. The SMILES string of the molecule is c1ccc(-c2ccc(-c3nc(-c4cccc(-c5ccccc5)c4)nc(-c4cccc5c4oc4c6ccccc6c(-c6ccc7ccccc7c6)cc54)n3)cc2)cc1. The normalized spacial score (nSPS) is 11.5. The second kappa shape index (κ2) is 13.6. The van der Waals surface area contributed by atoms with Crippen molar-refractivity contribution < 1.29 is 4.42 Å². The zero-order valence-corrected chi connectivity index (χ0v) is 30.8. The predicted molar refractivity (Wildman–Crippen MR) is 235 cm³/mol. The van der Waals surface area contributed by atoms with Crippen LogP contribution in [0.3, 0.4) is 0 Å². The summed E-state index contributed by atoms with van der Waals surface area (Å²) >= 11 is 0. The van der Waals surface area contributed by atoms with Gasteiger partial charge in [0.2, 0.25) is 0 Å². The first-order valence-electron chi connectivity index (χ1n) is 19.2. The van der Waals surface area contributed by atoms with Gasteiger partial charge in [0.1, 0.15) is 11.2 Å². The van der Waals surface area contributed by atoms with E-state index in [2.05, 4.69) is 188 Å². The van der Waals surface area contributed by atoms with Crippen LogP contribution in [0.5, 0.6) is 0 Å². The number of hydrogen-bond acceptors (Lipinski definition) is 4. The molecule has 4 heteroatoms. The molecular formula is C53H33N3O. The predicted octanol–water partition coefficient (Wildman–Crippen LogP) is 14.1. The number of furan rings is 1. The van der Waals surface area contributed by atoms with E-state index in [0.717, 1.165) is 71.7 Å². The van der Waals surface area contributed by atoms with Gasteiger partial charge in [-0.15, -0.1) is 0 Å². The van der Waals surface area contributed by atoms with Crippen molar-refractivity contribution >= 4 is 43.5 Å². The maximum Gasteiger partial charge on any atom is 0.167 e. The van der Waals surface area contributed by atoms with Crippen molar-refractivity contribution in [3.63, 3.8) is 0 Å². The number of benzene rings is 9. The minimum atomic E-state index is 0.552. The first kappa shape index (κ1) is 32.7. The molecule has 11 aromatic rings. The maximum absolute atomic E-state index is 6.94. The Balaban J connectivity index is 1.11. The van der Waals surface area contributed by atoms with Crippen molar-refractivity contribution in [3.05, 3.63) is 200 Å². The molecule has 4 nitrogen and oxygen atoms in total. The summed E-state index contributed by atoms with van der Waals surface area (Å²) in [5.74, 6) is 1.74. The first-order valence-corrected chi connectivity index (χ1v) is 19.2. The lowest BCUT2D eigenvalue weighted by atomic mass is 9.94. The largest absolute Gasteiger partial charge is 0.455 e. The van der Waals surface area contributed by atoms with E-state index >= 15 is 0 Å². The molecule has 57 heavy (non-hydrogen) atoms. The van der Waals surface area contributed by atoms with Crippen molar-refractivity contribution in [2.75, 3.05) is 0 Å². The molecule has 0 radical (unpaired) electrons. The average Bonchev–Trinajstić information content (AvgIpc) is 3.68. The molecule has 0 N–H and O–H groups in total. The Morgan fingerprint density at radius 1 is 0.263 bits per heavy atom. The van der Waals surface area contributed by atoms with Gasteiger partial charge in [-0.25, -0.2) is 15.0 Å². The molecule has 0 atom stereocenters. The monoisotopic (exact) mass is 727 g/mol. The first-order chi connectivity index (χ1) is 28.2. The van der Waals surface area contributed by atoms with Gasteiger partial charge in [-0.2, -0.15) is 0 Å². The molecule has 0 saturated carbocycles.